The van der Waals surface area contributed by atoms with Crippen LogP contribution in [0.1, 0.15) is 87.1 Å². The van der Waals surface area contributed by atoms with Crippen molar-refractivity contribution in [2.75, 3.05) is 33.9 Å². The van der Waals surface area contributed by atoms with E-state index in [2.05, 4.69) is 65.8 Å². The van der Waals surface area contributed by atoms with Crippen LogP contribution in [0, 0.1) is 5.92 Å². The normalized spacial score (nSPS) is 14.3. The quantitative estimate of drug-likeness (QED) is 0.136. The van der Waals surface area contributed by atoms with Crippen molar-refractivity contribution < 1.29 is 33.0 Å². The molecule has 43 heavy (non-hydrogen) atoms. The molecule has 9 heteroatoms. The Morgan fingerprint density at radius 3 is 2.00 bits per heavy atom. The molecular weight excluding hydrogens is 562 g/mol. The molecule has 0 aromatic heterocycles. The SMILES string of the molecule is COC(=O)c1ccc(OCCCc2ccc(O[Si](C(C)C)(C(C)C)C(C)C)cc2)c(C(=O)N2CCC(C(=O)OC)CC2)c1. The Hall–Kier alpha value is -3.33. The standard InChI is InChI=1S/C34H49NO7Si/c1-23(2)43(24(3)4,25(5)6)42-29-14-11-26(12-15-29)10-9-21-41-31-16-13-28(34(38)40-8)22-30(31)32(36)35-19-17-27(18-20-35)33(37)39-7/h11-16,22-25,27H,9-10,17-21H2,1-8H3. The molecule has 2 aromatic carbocycles. The van der Waals surface area contributed by atoms with Crippen molar-refractivity contribution in [2.45, 2.75) is 83.8 Å². The predicted molar refractivity (Wildman–Crippen MR) is 170 cm³/mol. The van der Waals surface area contributed by atoms with Crippen molar-refractivity contribution in [3.63, 3.8) is 0 Å². The second kappa shape index (κ2) is 15.4. The summed E-state index contributed by atoms with van der Waals surface area (Å²) in [4.78, 5) is 39.3. The zero-order valence-corrected chi connectivity index (χ0v) is 28.1. The largest absolute Gasteiger partial charge is 0.543 e. The van der Waals surface area contributed by atoms with E-state index in [9.17, 15) is 14.4 Å². The fourth-order valence-corrected chi connectivity index (χ4v) is 11.7. The molecule has 0 N–H and O–H groups in total. The molecular formula is C34H49NO7Si. The number of ether oxygens (including phenoxy) is 3. The molecule has 0 aliphatic carbocycles. The maximum absolute atomic E-state index is 13.5. The van der Waals surface area contributed by atoms with Crippen molar-refractivity contribution in [3.8, 4) is 11.5 Å². The number of piperidine rings is 1. The fourth-order valence-electron chi connectivity index (χ4n) is 6.46. The lowest BCUT2D eigenvalue weighted by atomic mass is 9.96. The third-order valence-corrected chi connectivity index (χ3v) is 14.7. The van der Waals surface area contributed by atoms with Crippen molar-refractivity contribution in [3.05, 3.63) is 59.2 Å². The lowest BCUT2D eigenvalue weighted by molar-refractivity contribution is -0.146. The molecule has 8 nitrogen and oxygen atoms in total. The number of aryl methyl sites for hydroxylation is 1. The summed E-state index contributed by atoms with van der Waals surface area (Å²) in [6.45, 7) is 15.0. The smallest absolute Gasteiger partial charge is 0.337 e. The molecule has 236 valence electrons. The van der Waals surface area contributed by atoms with E-state index in [0.717, 1.165) is 18.6 Å². The second-order valence-electron chi connectivity index (χ2n) is 12.3. The Bertz CT molecular complexity index is 1210. The Kier molecular flexibility index (Phi) is 12.2. The van der Waals surface area contributed by atoms with Crippen molar-refractivity contribution in [2.24, 2.45) is 5.92 Å². The molecule has 1 saturated heterocycles. The molecule has 1 amide bonds. The molecule has 1 fully saturated rings. The summed E-state index contributed by atoms with van der Waals surface area (Å²) in [6.07, 6.45) is 2.63. The number of likely N-dealkylation sites (tertiary alicyclic amines) is 1. The number of nitrogens with zero attached hydrogens (tertiary/aromatic N) is 1. The van der Waals surface area contributed by atoms with Gasteiger partial charge in [-0.15, -0.1) is 0 Å². The number of methoxy groups -OCH3 is 2. The van der Waals surface area contributed by atoms with Gasteiger partial charge in [-0.25, -0.2) is 4.79 Å². The van der Waals surface area contributed by atoms with Gasteiger partial charge in [-0.2, -0.15) is 0 Å². The minimum absolute atomic E-state index is 0.211. The summed E-state index contributed by atoms with van der Waals surface area (Å²) >= 11 is 0. The van der Waals surface area contributed by atoms with Crippen LogP contribution in [0.4, 0.5) is 0 Å². The summed E-state index contributed by atoms with van der Waals surface area (Å²) < 4.78 is 22.6. The molecule has 0 bridgehead atoms. The lowest BCUT2D eigenvalue weighted by Crippen LogP contribution is -2.50. The van der Waals surface area contributed by atoms with Crippen LogP contribution >= 0.6 is 0 Å². The van der Waals surface area contributed by atoms with Gasteiger partial charge in [-0.05, 0) is 78.2 Å². The predicted octanol–water partition coefficient (Wildman–Crippen LogP) is 7.06. The van der Waals surface area contributed by atoms with E-state index in [1.165, 1.54) is 25.8 Å². The zero-order valence-electron chi connectivity index (χ0n) is 27.1. The van der Waals surface area contributed by atoms with Crippen LogP contribution in [0.3, 0.4) is 0 Å². The van der Waals surface area contributed by atoms with E-state index in [-0.39, 0.29) is 23.4 Å². The number of benzene rings is 2. The number of esters is 2. The van der Waals surface area contributed by atoms with Gasteiger partial charge in [0.1, 0.15) is 11.5 Å². The van der Waals surface area contributed by atoms with E-state index in [1.54, 1.807) is 17.0 Å². The minimum atomic E-state index is -2.01. The van der Waals surface area contributed by atoms with Gasteiger partial charge in [0, 0.05) is 13.1 Å². The van der Waals surface area contributed by atoms with Crippen LogP contribution < -0.4 is 9.16 Å². The maximum Gasteiger partial charge on any atom is 0.337 e. The maximum atomic E-state index is 13.5. The van der Waals surface area contributed by atoms with Gasteiger partial charge in [0.25, 0.3) is 14.2 Å². The fraction of sp³-hybridized carbons (Fsp3) is 0.559. The van der Waals surface area contributed by atoms with Gasteiger partial charge in [0.15, 0.2) is 0 Å². The monoisotopic (exact) mass is 611 g/mol. The Labute approximate surface area is 258 Å². The van der Waals surface area contributed by atoms with Gasteiger partial charge in [-0.1, -0.05) is 53.7 Å². The number of rotatable bonds is 13. The van der Waals surface area contributed by atoms with Gasteiger partial charge < -0.3 is 23.5 Å². The van der Waals surface area contributed by atoms with Crippen LogP contribution in [-0.4, -0.2) is 65.0 Å². The summed E-state index contributed by atoms with van der Waals surface area (Å²) in [5, 5.41) is 0. The molecule has 1 heterocycles. The first kappa shape index (κ1) is 34.2. The highest BCUT2D eigenvalue weighted by Crippen LogP contribution is 2.42. The second-order valence-corrected chi connectivity index (χ2v) is 17.7. The number of amides is 1. The first-order chi connectivity index (χ1) is 20.4. The van der Waals surface area contributed by atoms with Gasteiger partial charge in [-0.3, -0.25) is 9.59 Å². The van der Waals surface area contributed by atoms with E-state index < -0.39 is 14.3 Å². The van der Waals surface area contributed by atoms with E-state index in [1.807, 2.05) is 0 Å². The average molecular weight is 612 g/mol. The first-order valence-electron chi connectivity index (χ1n) is 15.4. The average Bonchev–Trinajstić information content (AvgIpc) is 3.01. The molecule has 1 aliphatic rings. The molecule has 3 rings (SSSR count). The number of carbonyl (C=O) groups excluding carboxylic acids is 3. The molecule has 0 spiro atoms. The summed E-state index contributed by atoms with van der Waals surface area (Å²) in [5.74, 6) is 0.150. The zero-order chi connectivity index (χ0) is 31.7. The molecule has 2 aromatic rings. The molecule has 0 atom stereocenters. The van der Waals surface area contributed by atoms with E-state index >= 15 is 0 Å². The first-order valence-corrected chi connectivity index (χ1v) is 17.6. The molecule has 0 saturated carbocycles. The van der Waals surface area contributed by atoms with E-state index in [4.69, 9.17) is 18.6 Å². The van der Waals surface area contributed by atoms with Gasteiger partial charge in [0.05, 0.1) is 37.9 Å². The van der Waals surface area contributed by atoms with Crippen LogP contribution in [0.25, 0.3) is 0 Å². The highest BCUT2D eigenvalue weighted by molar-refractivity contribution is 6.78. The number of carbonyl (C=O) groups is 3. The third-order valence-electron chi connectivity index (χ3n) is 8.74. The van der Waals surface area contributed by atoms with Crippen molar-refractivity contribution >= 4 is 26.2 Å². The molecule has 0 unspecified atom stereocenters. The molecule has 0 radical (unpaired) electrons. The highest BCUT2D eigenvalue weighted by atomic mass is 28.4. The Balaban J connectivity index is 1.64. The topological polar surface area (TPSA) is 91.4 Å². The minimum Gasteiger partial charge on any atom is -0.543 e. The van der Waals surface area contributed by atoms with Crippen LogP contribution in [-0.2, 0) is 20.7 Å². The summed E-state index contributed by atoms with van der Waals surface area (Å²) in [7, 11) is 0.680. The van der Waals surface area contributed by atoms with Crippen molar-refractivity contribution in [1.82, 2.24) is 4.90 Å². The van der Waals surface area contributed by atoms with Crippen LogP contribution in [0.2, 0.25) is 16.6 Å². The Morgan fingerprint density at radius 2 is 1.47 bits per heavy atom. The number of hydrogen-bond acceptors (Lipinski definition) is 7. The lowest BCUT2D eigenvalue weighted by Gasteiger charge is -2.42. The van der Waals surface area contributed by atoms with Gasteiger partial charge in [0.2, 0.25) is 0 Å². The molecule has 1 aliphatic heterocycles. The van der Waals surface area contributed by atoms with Gasteiger partial charge >= 0.3 is 11.9 Å². The summed E-state index contributed by atoms with van der Waals surface area (Å²) in [6, 6.07) is 13.2. The van der Waals surface area contributed by atoms with Crippen molar-refractivity contribution in [1.29, 1.82) is 0 Å². The van der Waals surface area contributed by atoms with Crippen LogP contribution in [0.5, 0.6) is 11.5 Å². The number of hydrogen-bond donors (Lipinski definition) is 0. The Morgan fingerprint density at radius 1 is 0.860 bits per heavy atom. The highest BCUT2D eigenvalue weighted by Gasteiger charge is 2.47. The van der Waals surface area contributed by atoms with Crippen LogP contribution in [0.15, 0.2) is 42.5 Å². The third kappa shape index (κ3) is 8.19. The summed E-state index contributed by atoms with van der Waals surface area (Å²) in [5.41, 5.74) is 3.31. The van der Waals surface area contributed by atoms with E-state index in [0.29, 0.717) is 60.5 Å².